The first kappa shape index (κ1) is 23.4. The standard InChI is InChI=1S/C25H30ClFN4O2/c1-2-12-29-14-15-30(25(29)32)13-11-28-10-3-16-33-24-18-31(21-7-5-20(27)6-8-21)23-17-19(26)4-9-22(23)24/h4-9,17-18,28H,2-3,10-16H2,1H3. The van der Waals surface area contributed by atoms with Crippen molar-refractivity contribution in [3.05, 3.63) is 59.5 Å². The number of nitrogens with zero attached hydrogens (tertiary/aromatic N) is 3. The maximum atomic E-state index is 13.4. The Morgan fingerprint density at radius 2 is 1.82 bits per heavy atom. The summed E-state index contributed by atoms with van der Waals surface area (Å²) in [6.07, 6.45) is 3.75. The van der Waals surface area contributed by atoms with Crippen molar-refractivity contribution < 1.29 is 13.9 Å². The molecule has 33 heavy (non-hydrogen) atoms. The minimum absolute atomic E-state index is 0.152. The van der Waals surface area contributed by atoms with Gasteiger partial charge in [-0.25, -0.2) is 9.18 Å². The van der Waals surface area contributed by atoms with Crippen molar-refractivity contribution in [2.24, 2.45) is 0 Å². The fraction of sp³-hybridized carbons (Fsp3) is 0.400. The third-order valence-electron chi connectivity index (χ3n) is 5.82. The molecule has 3 aromatic rings. The van der Waals surface area contributed by atoms with Gasteiger partial charge in [0.2, 0.25) is 0 Å². The molecular weight excluding hydrogens is 443 g/mol. The van der Waals surface area contributed by atoms with Crippen LogP contribution in [-0.4, -0.2) is 66.3 Å². The van der Waals surface area contributed by atoms with Gasteiger partial charge in [0.25, 0.3) is 0 Å². The lowest BCUT2D eigenvalue weighted by Crippen LogP contribution is -2.36. The van der Waals surface area contributed by atoms with Gasteiger partial charge in [-0.15, -0.1) is 0 Å². The molecule has 1 aromatic heterocycles. The summed E-state index contributed by atoms with van der Waals surface area (Å²) in [5, 5.41) is 4.99. The van der Waals surface area contributed by atoms with Crippen LogP contribution in [0.1, 0.15) is 19.8 Å². The second-order valence-corrected chi connectivity index (χ2v) is 8.65. The summed E-state index contributed by atoms with van der Waals surface area (Å²) >= 11 is 6.22. The lowest BCUT2D eigenvalue weighted by atomic mass is 10.2. The highest BCUT2D eigenvalue weighted by atomic mass is 35.5. The lowest BCUT2D eigenvalue weighted by Gasteiger charge is -2.18. The van der Waals surface area contributed by atoms with Crippen LogP contribution >= 0.6 is 11.6 Å². The van der Waals surface area contributed by atoms with E-state index in [2.05, 4.69) is 12.2 Å². The summed E-state index contributed by atoms with van der Waals surface area (Å²) in [7, 11) is 0. The molecule has 8 heteroatoms. The Hall–Kier alpha value is -2.77. The smallest absolute Gasteiger partial charge is 0.320 e. The number of nitrogens with one attached hydrogen (secondary N) is 1. The van der Waals surface area contributed by atoms with Crippen LogP contribution in [0.25, 0.3) is 16.6 Å². The first-order chi connectivity index (χ1) is 16.1. The molecule has 0 saturated carbocycles. The van der Waals surface area contributed by atoms with Gasteiger partial charge in [-0.1, -0.05) is 18.5 Å². The second-order valence-electron chi connectivity index (χ2n) is 8.21. The van der Waals surface area contributed by atoms with Gasteiger partial charge in [0.15, 0.2) is 0 Å². The average Bonchev–Trinajstić information content (AvgIpc) is 3.34. The van der Waals surface area contributed by atoms with Crippen LogP contribution in [0, 0.1) is 5.82 Å². The van der Waals surface area contributed by atoms with E-state index in [-0.39, 0.29) is 11.8 Å². The van der Waals surface area contributed by atoms with Crippen LogP contribution < -0.4 is 10.1 Å². The first-order valence-electron chi connectivity index (χ1n) is 11.5. The molecule has 0 spiro atoms. The second kappa shape index (κ2) is 10.9. The minimum Gasteiger partial charge on any atom is -0.491 e. The van der Waals surface area contributed by atoms with Crippen LogP contribution in [0.5, 0.6) is 5.75 Å². The van der Waals surface area contributed by atoms with Crippen LogP contribution in [0.4, 0.5) is 9.18 Å². The van der Waals surface area contributed by atoms with Crippen molar-refractivity contribution in [2.45, 2.75) is 19.8 Å². The van der Waals surface area contributed by atoms with Crippen LogP contribution in [0.15, 0.2) is 48.7 Å². The van der Waals surface area contributed by atoms with Gasteiger partial charge in [0.1, 0.15) is 11.6 Å². The van der Waals surface area contributed by atoms with E-state index >= 15 is 0 Å². The third-order valence-corrected chi connectivity index (χ3v) is 6.06. The quantitative estimate of drug-likeness (QED) is 0.402. The van der Waals surface area contributed by atoms with Gasteiger partial charge in [-0.3, -0.25) is 0 Å². The summed E-state index contributed by atoms with van der Waals surface area (Å²) in [6, 6.07) is 12.2. The van der Waals surface area contributed by atoms with Gasteiger partial charge in [0, 0.05) is 48.8 Å². The molecule has 1 fully saturated rings. The molecular formula is C25H30ClFN4O2. The minimum atomic E-state index is -0.274. The Morgan fingerprint density at radius 3 is 2.58 bits per heavy atom. The molecule has 6 nitrogen and oxygen atoms in total. The maximum absolute atomic E-state index is 13.4. The zero-order valence-corrected chi connectivity index (χ0v) is 19.7. The number of halogens is 2. The molecule has 2 heterocycles. The number of aromatic nitrogens is 1. The van der Waals surface area contributed by atoms with Crippen LogP contribution in [0.3, 0.4) is 0 Å². The zero-order valence-electron chi connectivity index (χ0n) is 18.9. The highest BCUT2D eigenvalue weighted by Crippen LogP contribution is 2.32. The summed E-state index contributed by atoms with van der Waals surface area (Å²) in [5.74, 6) is 0.495. The summed E-state index contributed by atoms with van der Waals surface area (Å²) in [5.41, 5.74) is 1.75. The third kappa shape index (κ3) is 5.60. The highest BCUT2D eigenvalue weighted by Gasteiger charge is 2.26. The SMILES string of the molecule is CCCN1CCN(CCNCCCOc2cn(-c3ccc(F)cc3)c3cc(Cl)ccc23)C1=O. The number of fused-ring (bicyclic) bond motifs is 1. The Kier molecular flexibility index (Phi) is 7.73. The maximum Gasteiger partial charge on any atom is 0.320 e. The molecule has 0 aliphatic carbocycles. The van der Waals surface area contributed by atoms with Crippen LogP contribution in [0.2, 0.25) is 5.02 Å². The Morgan fingerprint density at radius 1 is 1.06 bits per heavy atom. The van der Waals surface area contributed by atoms with Crippen LogP contribution in [-0.2, 0) is 0 Å². The largest absolute Gasteiger partial charge is 0.491 e. The first-order valence-corrected chi connectivity index (χ1v) is 11.9. The fourth-order valence-electron chi connectivity index (χ4n) is 4.13. The van der Waals surface area contributed by atoms with Crippen molar-refractivity contribution in [1.29, 1.82) is 0 Å². The number of urea groups is 1. The topological polar surface area (TPSA) is 49.7 Å². The van der Waals surface area contributed by atoms with E-state index in [0.717, 1.165) is 74.5 Å². The molecule has 2 aromatic carbocycles. The molecule has 0 bridgehead atoms. The molecule has 1 aliphatic heterocycles. The number of ether oxygens (including phenoxy) is 1. The number of carbonyl (C=O) groups is 1. The molecule has 1 aliphatic rings. The van der Waals surface area contributed by atoms with E-state index in [9.17, 15) is 9.18 Å². The molecule has 1 N–H and O–H groups in total. The molecule has 176 valence electrons. The fourth-order valence-corrected chi connectivity index (χ4v) is 4.30. The van der Waals surface area contributed by atoms with Gasteiger partial charge in [-0.2, -0.15) is 0 Å². The number of hydrogen-bond donors (Lipinski definition) is 1. The van der Waals surface area contributed by atoms with E-state index in [1.165, 1.54) is 12.1 Å². The zero-order chi connectivity index (χ0) is 23.2. The number of rotatable bonds is 11. The van der Waals surface area contributed by atoms with Crippen molar-refractivity contribution in [1.82, 2.24) is 19.7 Å². The van der Waals surface area contributed by atoms with E-state index in [4.69, 9.17) is 16.3 Å². The number of carbonyl (C=O) groups excluding carboxylic acids is 1. The predicted octanol–water partition coefficient (Wildman–Crippen LogP) is 4.93. The summed E-state index contributed by atoms with van der Waals surface area (Å²) in [4.78, 5) is 16.1. The summed E-state index contributed by atoms with van der Waals surface area (Å²) in [6.45, 7) is 7.44. The number of hydrogen-bond acceptors (Lipinski definition) is 3. The van der Waals surface area contributed by atoms with E-state index in [1.807, 2.05) is 38.8 Å². The van der Waals surface area contributed by atoms with Gasteiger partial charge < -0.3 is 24.4 Å². The van der Waals surface area contributed by atoms with Gasteiger partial charge >= 0.3 is 6.03 Å². The van der Waals surface area contributed by atoms with Gasteiger partial charge in [0.05, 0.1) is 18.3 Å². The molecule has 4 rings (SSSR count). The highest BCUT2D eigenvalue weighted by molar-refractivity contribution is 6.31. The monoisotopic (exact) mass is 472 g/mol. The molecule has 1 saturated heterocycles. The normalized spacial score (nSPS) is 14.0. The lowest BCUT2D eigenvalue weighted by molar-refractivity contribution is 0.192. The molecule has 0 unspecified atom stereocenters. The summed E-state index contributed by atoms with van der Waals surface area (Å²) < 4.78 is 21.4. The predicted molar refractivity (Wildman–Crippen MR) is 130 cm³/mol. The average molecular weight is 473 g/mol. The van der Waals surface area contributed by atoms with E-state index < -0.39 is 0 Å². The number of amides is 2. The van der Waals surface area contributed by atoms with Crippen molar-refractivity contribution in [3.63, 3.8) is 0 Å². The van der Waals surface area contributed by atoms with Crippen molar-refractivity contribution >= 4 is 28.5 Å². The Bertz CT molecular complexity index is 1090. The Balaban J connectivity index is 1.27. The van der Waals surface area contributed by atoms with Crippen molar-refractivity contribution in [3.8, 4) is 11.4 Å². The van der Waals surface area contributed by atoms with Gasteiger partial charge in [-0.05, 0) is 61.9 Å². The molecule has 0 radical (unpaired) electrons. The Labute approximate surface area is 198 Å². The van der Waals surface area contributed by atoms with E-state index in [1.54, 1.807) is 12.1 Å². The molecule has 0 atom stereocenters. The molecule has 2 amide bonds. The van der Waals surface area contributed by atoms with E-state index in [0.29, 0.717) is 11.6 Å². The number of benzene rings is 2. The van der Waals surface area contributed by atoms with Crippen molar-refractivity contribution in [2.75, 3.05) is 45.9 Å².